The highest BCUT2D eigenvalue weighted by Gasteiger charge is 2.29. The summed E-state index contributed by atoms with van der Waals surface area (Å²) in [4.78, 5) is 7.23. The number of hydrogen-bond donors (Lipinski definition) is 1. The van der Waals surface area contributed by atoms with Crippen LogP contribution in [0.5, 0.6) is 11.5 Å². The smallest absolute Gasteiger partial charge is 0.231 e. The van der Waals surface area contributed by atoms with Crippen molar-refractivity contribution in [3.05, 3.63) is 82.3 Å². The van der Waals surface area contributed by atoms with Gasteiger partial charge >= 0.3 is 0 Å². The van der Waals surface area contributed by atoms with Crippen LogP contribution in [0.1, 0.15) is 28.8 Å². The van der Waals surface area contributed by atoms with E-state index in [1.807, 2.05) is 36.4 Å². The molecule has 8 heteroatoms. The molecule has 0 bridgehead atoms. The minimum atomic E-state index is -0.295. The van der Waals surface area contributed by atoms with E-state index >= 15 is 0 Å². The summed E-state index contributed by atoms with van der Waals surface area (Å²) in [6.45, 7) is 7.56. The maximum Gasteiger partial charge on any atom is 0.231 e. The normalized spacial score (nSPS) is 16.1. The molecular formula is C25H26BrN3O4. The lowest BCUT2D eigenvalue weighted by molar-refractivity contribution is 0.120. The van der Waals surface area contributed by atoms with Gasteiger partial charge in [-0.2, -0.15) is 0 Å². The lowest BCUT2D eigenvalue weighted by Gasteiger charge is -2.27. The van der Waals surface area contributed by atoms with Gasteiger partial charge in [0.05, 0.1) is 13.2 Å². The molecule has 3 aromatic rings. The summed E-state index contributed by atoms with van der Waals surface area (Å²) in [5, 5.41) is 3.50. The van der Waals surface area contributed by atoms with E-state index in [9.17, 15) is 0 Å². The van der Waals surface area contributed by atoms with Crippen LogP contribution in [-0.4, -0.2) is 44.6 Å². The first kappa shape index (κ1) is 22.0. The maximum atomic E-state index is 6.48. The van der Waals surface area contributed by atoms with E-state index in [2.05, 4.69) is 44.9 Å². The third kappa shape index (κ3) is 4.78. The topological polar surface area (TPSA) is 69.0 Å². The van der Waals surface area contributed by atoms with E-state index in [4.69, 9.17) is 23.6 Å². The molecule has 1 saturated heterocycles. The van der Waals surface area contributed by atoms with Crippen molar-refractivity contribution >= 4 is 21.8 Å². The van der Waals surface area contributed by atoms with Crippen molar-refractivity contribution in [2.24, 2.45) is 0 Å². The number of anilines is 1. The average Bonchev–Trinajstić information content (AvgIpc) is 3.47. The zero-order chi connectivity index (χ0) is 22.6. The van der Waals surface area contributed by atoms with Gasteiger partial charge in [-0.05, 0) is 23.3 Å². The molecule has 2 aromatic carbocycles. The summed E-state index contributed by atoms with van der Waals surface area (Å²) < 4.78 is 24.1. The molecule has 7 nitrogen and oxygen atoms in total. The van der Waals surface area contributed by atoms with Gasteiger partial charge in [0.2, 0.25) is 18.6 Å². The zero-order valence-corrected chi connectivity index (χ0v) is 19.8. The van der Waals surface area contributed by atoms with Gasteiger partial charge in [-0.15, -0.1) is 6.58 Å². The first-order valence-electron chi connectivity index (χ1n) is 11.0. The summed E-state index contributed by atoms with van der Waals surface area (Å²) in [5.74, 6) is 2.84. The molecule has 0 saturated carbocycles. The van der Waals surface area contributed by atoms with Crippen molar-refractivity contribution in [2.45, 2.75) is 12.5 Å². The average molecular weight is 512 g/mol. The highest BCUT2D eigenvalue weighted by Crippen LogP contribution is 2.41. The van der Waals surface area contributed by atoms with Gasteiger partial charge in [-0.3, -0.25) is 5.32 Å². The van der Waals surface area contributed by atoms with Crippen molar-refractivity contribution < 1.29 is 18.6 Å². The fraction of sp³-hybridized carbons (Fsp3) is 0.320. The molecule has 0 amide bonds. The Morgan fingerprint density at radius 1 is 1.12 bits per heavy atom. The van der Waals surface area contributed by atoms with Gasteiger partial charge in [0, 0.05) is 30.5 Å². The maximum absolute atomic E-state index is 6.48. The van der Waals surface area contributed by atoms with Gasteiger partial charge in [0.25, 0.3) is 0 Å². The van der Waals surface area contributed by atoms with E-state index in [-0.39, 0.29) is 12.8 Å². The SMILES string of the molecule is C=CCNC(c1nc(Cc2ccccc2)c(N2CCOCC2)o1)c1cc2c(cc1Br)OCO2. The number of halogens is 1. The van der Waals surface area contributed by atoms with Gasteiger partial charge in [0.1, 0.15) is 11.7 Å². The Morgan fingerprint density at radius 2 is 1.88 bits per heavy atom. The molecule has 3 heterocycles. The Bertz CT molecular complexity index is 1110. The Balaban J connectivity index is 1.55. The molecular weight excluding hydrogens is 486 g/mol. The number of rotatable bonds is 8. The van der Waals surface area contributed by atoms with Crippen molar-refractivity contribution in [1.82, 2.24) is 10.3 Å². The van der Waals surface area contributed by atoms with Crippen LogP contribution in [0.25, 0.3) is 0 Å². The number of hydrogen-bond acceptors (Lipinski definition) is 7. The fourth-order valence-electron chi connectivity index (χ4n) is 4.09. The number of benzene rings is 2. The van der Waals surface area contributed by atoms with Crippen LogP contribution in [0.4, 0.5) is 5.88 Å². The van der Waals surface area contributed by atoms with Gasteiger partial charge < -0.3 is 23.5 Å². The van der Waals surface area contributed by atoms with Crippen LogP contribution in [0, 0.1) is 0 Å². The first-order valence-corrected chi connectivity index (χ1v) is 11.8. The molecule has 2 aliphatic rings. The highest BCUT2D eigenvalue weighted by atomic mass is 79.9. The largest absolute Gasteiger partial charge is 0.454 e. The number of nitrogens with zero attached hydrogens (tertiary/aromatic N) is 2. The van der Waals surface area contributed by atoms with E-state index < -0.39 is 0 Å². The Morgan fingerprint density at radius 3 is 2.64 bits per heavy atom. The Kier molecular flexibility index (Phi) is 6.66. The molecule has 0 spiro atoms. The second kappa shape index (κ2) is 9.99. The standard InChI is InChI=1S/C25H26BrN3O4/c1-2-8-27-23(18-14-21-22(15-19(18)26)32-16-31-21)24-28-20(13-17-6-4-3-5-7-17)25(33-24)29-9-11-30-12-10-29/h2-7,14-15,23,27H,1,8-13,16H2. The van der Waals surface area contributed by atoms with Crippen LogP contribution < -0.4 is 19.7 Å². The lowest BCUT2D eigenvalue weighted by Crippen LogP contribution is -2.36. The number of fused-ring (bicyclic) bond motifs is 1. The quantitative estimate of drug-likeness (QED) is 0.447. The second-order valence-electron chi connectivity index (χ2n) is 7.92. The predicted molar refractivity (Wildman–Crippen MR) is 129 cm³/mol. The van der Waals surface area contributed by atoms with Crippen molar-refractivity contribution in [1.29, 1.82) is 0 Å². The van der Waals surface area contributed by atoms with Gasteiger partial charge in [0.15, 0.2) is 11.5 Å². The van der Waals surface area contributed by atoms with Gasteiger partial charge in [-0.1, -0.05) is 52.3 Å². The van der Waals surface area contributed by atoms with Crippen LogP contribution in [-0.2, 0) is 11.2 Å². The summed E-state index contributed by atoms with van der Waals surface area (Å²) in [5.41, 5.74) is 3.06. The number of ether oxygens (including phenoxy) is 3. The monoisotopic (exact) mass is 511 g/mol. The summed E-state index contributed by atoms with van der Waals surface area (Å²) in [6, 6.07) is 13.9. The van der Waals surface area contributed by atoms with Crippen molar-refractivity contribution in [3.8, 4) is 11.5 Å². The van der Waals surface area contributed by atoms with Crippen LogP contribution >= 0.6 is 15.9 Å². The molecule has 172 valence electrons. The molecule has 0 radical (unpaired) electrons. The molecule has 1 aromatic heterocycles. The van der Waals surface area contributed by atoms with Crippen LogP contribution in [0.2, 0.25) is 0 Å². The van der Waals surface area contributed by atoms with E-state index in [1.54, 1.807) is 0 Å². The molecule has 5 rings (SSSR count). The third-order valence-corrected chi connectivity index (χ3v) is 6.41. The highest BCUT2D eigenvalue weighted by molar-refractivity contribution is 9.10. The van der Waals surface area contributed by atoms with E-state index in [0.717, 1.165) is 40.5 Å². The van der Waals surface area contributed by atoms with E-state index in [0.29, 0.717) is 37.8 Å². The molecule has 2 aliphatic heterocycles. The number of aromatic nitrogens is 1. The molecule has 1 N–H and O–H groups in total. The minimum absolute atomic E-state index is 0.220. The lowest BCUT2D eigenvalue weighted by atomic mass is 10.1. The Hall–Kier alpha value is -2.81. The number of nitrogens with one attached hydrogen (secondary N) is 1. The van der Waals surface area contributed by atoms with Crippen molar-refractivity contribution in [3.63, 3.8) is 0 Å². The van der Waals surface area contributed by atoms with Crippen LogP contribution in [0.3, 0.4) is 0 Å². The molecule has 0 aliphatic carbocycles. The van der Waals surface area contributed by atoms with Crippen LogP contribution in [0.15, 0.2) is 64.0 Å². The first-order chi connectivity index (χ1) is 16.2. The summed E-state index contributed by atoms with van der Waals surface area (Å²) in [7, 11) is 0. The van der Waals surface area contributed by atoms with Gasteiger partial charge in [-0.25, -0.2) is 4.98 Å². The number of morpholine rings is 1. The molecule has 1 fully saturated rings. The fourth-order valence-corrected chi connectivity index (χ4v) is 4.64. The third-order valence-electron chi connectivity index (χ3n) is 5.72. The molecule has 1 atom stereocenters. The molecule has 1 unspecified atom stereocenters. The zero-order valence-electron chi connectivity index (χ0n) is 18.3. The number of oxazole rings is 1. The Labute approximate surface area is 201 Å². The summed E-state index contributed by atoms with van der Waals surface area (Å²) >= 11 is 3.70. The van der Waals surface area contributed by atoms with E-state index in [1.165, 1.54) is 5.56 Å². The summed E-state index contributed by atoms with van der Waals surface area (Å²) in [6.07, 6.45) is 2.51. The van der Waals surface area contributed by atoms with Crippen molar-refractivity contribution in [2.75, 3.05) is 44.5 Å². The molecule has 33 heavy (non-hydrogen) atoms. The second-order valence-corrected chi connectivity index (χ2v) is 8.78. The predicted octanol–water partition coefficient (Wildman–Crippen LogP) is 4.46. The minimum Gasteiger partial charge on any atom is -0.454 e.